The van der Waals surface area contributed by atoms with E-state index in [9.17, 15) is 19.7 Å². The molecule has 0 radical (unpaired) electrons. The zero-order valence-electron chi connectivity index (χ0n) is 13.1. The number of rotatable bonds is 5. The monoisotopic (exact) mass is 374 g/mol. The average molecular weight is 375 g/mol. The van der Waals surface area contributed by atoms with Crippen molar-refractivity contribution in [2.75, 3.05) is 0 Å². The molecule has 26 heavy (non-hydrogen) atoms. The van der Waals surface area contributed by atoms with Gasteiger partial charge < -0.3 is 14.8 Å². The number of nitrogens with zero attached hydrogens (tertiary/aromatic N) is 3. The van der Waals surface area contributed by atoms with Crippen LogP contribution in [0.1, 0.15) is 16.1 Å². The highest BCUT2D eigenvalue weighted by Gasteiger charge is 2.18. The van der Waals surface area contributed by atoms with Crippen LogP contribution in [0.15, 0.2) is 51.9 Å². The van der Waals surface area contributed by atoms with Crippen LogP contribution >= 0.6 is 11.6 Å². The number of benzene rings is 1. The highest BCUT2D eigenvalue weighted by Crippen LogP contribution is 2.22. The van der Waals surface area contributed by atoms with Gasteiger partial charge in [0.2, 0.25) is 0 Å². The van der Waals surface area contributed by atoms with Crippen LogP contribution in [0, 0.1) is 10.1 Å². The normalized spacial score (nSPS) is 10.7. The highest BCUT2D eigenvalue weighted by molar-refractivity contribution is 6.30. The van der Waals surface area contributed by atoms with Crippen molar-refractivity contribution in [1.29, 1.82) is 0 Å². The van der Waals surface area contributed by atoms with Crippen LogP contribution in [0.3, 0.4) is 0 Å². The first-order valence-electron chi connectivity index (χ1n) is 7.25. The van der Waals surface area contributed by atoms with Gasteiger partial charge in [-0.25, -0.2) is 0 Å². The molecule has 0 aliphatic carbocycles. The van der Waals surface area contributed by atoms with Gasteiger partial charge in [-0.2, -0.15) is 0 Å². The number of hydrogen-bond acceptors (Lipinski definition) is 6. The Morgan fingerprint density at radius 2 is 2.00 bits per heavy atom. The maximum atomic E-state index is 12.3. The summed E-state index contributed by atoms with van der Waals surface area (Å²) in [5.41, 5.74) is 4.70. The second-order valence-electron chi connectivity index (χ2n) is 5.35. The number of pyridine rings is 1. The third-order valence-electron chi connectivity index (χ3n) is 3.57. The molecule has 2 N–H and O–H groups in total. The van der Waals surface area contributed by atoms with Gasteiger partial charge in [0.1, 0.15) is 11.3 Å². The third kappa shape index (κ3) is 3.47. The van der Waals surface area contributed by atoms with Crippen LogP contribution < -0.4 is 11.3 Å². The van der Waals surface area contributed by atoms with Gasteiger partial charge in [-0.05, 0) is 12.1 Å². The van der Waals surface area contributed by atoms with Crippen molar-refractivity contribution in [1.82, 2.24) is 9.72 Å². The first kappa shape index (κ1) is 17.4. The Bertz CT molecular complexity index is 1060. The van der Waals surface area contributed by atoms with Crippen molar-refractivity contribution >= 4 is 23.2 Å². The molecule has 0 spiro atoms. The van der Waals surface area contributed by atoms with Gasteiger partial charge in [0, 0.05) is 22.7 Å². The molecule has 0 unspecified atom stereocenters. The molecule has 132 valence electrons. The number of aromatic nitrogens is 2. The molecule has 1 amide bonds. The summed E-state index contributed by atoms with van der Waals surface area (Å²) in [6, 6.07) is 9.30. The van der Waals surface area contributed by atoms with E-state index in [1.165, 1.54) is 0 Å². The lowest BCUT2D eigenvalue weighted by molar-refractivity contribution is -0.385. The Morgan fingerprint density at radius 3 is 2.62 bits per heavy atom. The minimum Gasteiger partial charge on any atom is -0.365 e. The topological polar surface area (TPSA) is 134 Å². The van der Waals surface area contributed by atoms with Crippen molar-refractivity contribution in [2.45, 2.75) is 6.54 Å². The van der Waals surface area contributed by atoms with E-state index in [1.807, 2.05) is 0 Å². The van der Waals surface area contributed by atoms with Gasteiger partial charge in [-0.15, -0.1) is 0 Å². The first-order valence-corrected chi connectivity index (χ1v) is 7.63. The molecular formula is C16H11ClN4O5. The van der Waals surface area contributed by atoms with E-state index in [-0.39, 0.29) is 12.3 Å². The molecule has 3 aromatic rings. The minimum absolute atomic E-state index is 0.151. The van der Waals surface area contributed by atoms with Crippen LogP contribution in [0.5, 0.6) is 0 Å². The van der Waals surface area contributed by atoms with E-state index in [4.69, 9.17) is 21.9 Å². The number of carbonyl (C=O) groups excluding carboxylic acids is 1. The standard InChI is InChI=1S/C16H11ClN4O5/c17-10-3-1-9(2-4-10)14-6-12(26-19-14)8-20-7-11(21(24)25)5-13(15(18)22)16(20)23/h1-7H,8H2,(H2,18,22). The fourth-order valence-electron chi connectivity index (χ4n) is 2.33. The first-order chi connectivity index (χ1) is 12.3. The Kier molecular flexibility index (Phi) is 4.55. The molecular weight excluding hydrogens is 364 g/mol. The zero-order valence-corrected chi connectivity index (χ0v) is 13.8. The molecule has 10 heteroatoms. The number of halogens is 1. The highest BCUT2D eigenvalue weighted by atomic mass is 35.5. The van der Waals surface area contributed by atoms with Gasteiger partial charge in [0.15, 0.2) is 5.76 Å². The fourth-order valence-corrected chi connectivity index (χ4v) is 2.45. The van der Waals surface area contributed by atoms with E-state index in [1.54, 1.807) is 30.3 Å². The number of primary amides is 1. The molecule has 2 heterocycles. The summed E-state index contributed by atoms with van der Waals surface area (Å²) in [5.74, 6) is -0.778. The summed E-state index contributed by atoms with van der Waals surface area (Å²) in [5, 5.41) is 15.5. The van der Waals surface area contributed by atoms with Crippen LogP contribution in [0.2, 0.25) is 5.02 Å². The molecule has 2 aromatic heterocycles. The predicted molar refractivity (Wildman–Crippen MR) is 91.9 cm³/mol. The summed E-state index contributed by atoms with van der Waals surface area (Å²) in [6.07, 6.45) is 1.01. The molecule has 0 aliphatic rings. The Morgan fingerprint density at radius 1 is 1.31 bits per heavy atom. The number of amides is 1. The van der Waals surface area contributed by atoms with Crippen molar-refractivity contribution in [3.8, 4) is 11.3 Å². The molecule has 0 saturated heterocycles. The fraction of sp³-hybridized carbons (Fsp3) is 0.0625. The van der Waals surface area contributed by atoms with Gasteiger partial charge >= 0.3 is 0 Å². The SMILES string of the molecule is NC(=O)c1cc([N+](=O)[O-])cn(Cc2cc(-c3ccc(Cl)cc3)no2)c1=O. The Hall–Kier alpha value is -3.46. The average Bonchev–Trinajstić information content (AvgIpc) is 3.05. The Balaban J connectivity index is 1.96. The maximum Gasteiger partial charge on any atom is 0.286 e. The van der Waals surface area contributed by atoms with Crippen molar-refractivity contribution in [3.05, 3.63) is 79.4 Å². The second-order valence-corrected chi connectivity index (χ2v) is 5.79. The van der Waals surface area contributed by atoms with E-state index < -0.39 is 27.6 Å². The lowest BCUT2D eigenvalue weighted by Crippen LogP contribution is -2.29. The molecule has 9 nitrogen and oxygen atoms in total. The smallest absolute Gasteiger partial charge is 0.286 e. The largest absolute Gasteiger partial charge is 0.365 e. The molecule has 0 fully saturated rings. The van der Waals surface area contributed by atoms with Crippen LogP contribution in [0.4, 0.5) is 5.69 Å². The van der Waals surface area contributed by atoms with E-state index in [0.29, 0.717) is 10.7 Å². The summed E-state index contributed by atoms with van der Waals surface area (Å²) >= 11 is 5.84. The van der Waals surface area contributed by atoms with E-state index in [0.717, 1.165) is 22.4 Å². The molecule has 0 aliphatic heterocycles. The lowest BCUT2D eigenvalue weighted by atomic mass is 10.1. The molecule has 0 bridgehead atoms. The number of carbonyl (C=O) groups is 1. The zero-order chi connectivity index (χ0) is 18.8. The quantitative estimate of drug-likeness (QED) is 0.537. The third-order valence-corrected chi connectivity index (χ3v) is 3.82. The van der Waals surface area contributed by atoms with E-state index >= 15 is 0 Å². The van der Waals surface area contributed by atoms with Gasteiger partial charge in [-0.1, -0.05) is 28.9 Å². The van der Waals surface area contributed by atoms with E-state index in [2.05, 4.69) is 5.16 Å². The summed E-state index contributed by atoms with van der Waals surface area (Å²) in [4.78, 5) is 33.9. The van der Waals surface area contributed by atoms with Gasteiger partial charge in [-0.3, -0.25) is 19.7 Å². The number of nitro groups is 1. The van der Waals surface area contributed by atoms with Crippen LogP contribution in [0.25, 0.3) is 11.3 Å². The minimum atomic E-state index is -1.05. The molecule has 3 rings (SSSR count). The summed E-state index contributed by atoms with van der Waals surface area (Å²) < 4.78 is 6.16. The van der Waals surface area contributed by atoms with Crippen LogP contribution in [-0.2, 0) is 6.54 Å². The molecule has 0 atom stereocenters. The number of nitrogens with two attached hydrogens (primary N) is 1. The molecule has 0 saturated carbocycles. The van der Waals surface area contributed by atoms with Crippen molar-refractivity contribution < 1.29 is 14.2 Å². The van der Waals surface area contributed by atoms with Gasteiger partial charge in [0.05, 0.1) is 17.7 Å². The molecule has 1 aromatic carbocycles. The maximum absolute atomic E-state index is 12.3. The lowest BCUT2D eigenvalue weighted by Gasteiger charge is -2.04. The van der Waals surface area contributed by atoms with Crippen LogP contribution in [-0.4, -0.2) is 20.6 Å². The van der Waals surface area contributed by atoms with Gasteiger partial charge in [0.25, 0.3) is 17.2 Å². The summed E-state index contributed by atoms with van der Waals surface area (Å²) in [6.45, 7) is -0.151. The summed E-state index contributed by atoms with van der Waals surface area (Å²) in [7, 11) is 0. The second kappa shape index (κ2) is 6.81. The predicted octanol–water partition coefficient (Wildman–Crippen LogP) is 2.21. The number of hydrogen-bond donors (Lipinski definition) is 1. The van der Waals surface area contributed by atoms with Crippen molar-refractivity contribution in [2.24, 2.45) is 5.73 Å². The van der Waals surface area contributed by atoms with Crippen molar-refractivity contribution in [3.63, 3.8) is 0 Å². The Labute approximate surface area is 150 Å².